The van der Waals surface area contributed by atoms with E-state index in [4.69, 9.17) is 5.73 Å². The van der Waals surface area contributed by atoms with E-state index in [1.807, 2.05) is 0 Å². The van der Waals surface area contributed by atoms with E-state index in [0.29, 0.717) is 5.92 Å². The third-order valence-corrected chi connectivity index (χ3v) is 3.96. The van der Waals surface area contributed by atoms with Gasteiger partial charge in [0.1, 0.15) is 0 Å². The van der Waals surface area contributed by atoms with Crippen LogP contribution in [0.5, 0.6) is 0 Å². The van der Waals surface area contributed by atoms with Crippen molar-refractivity contribution >= 4 is 27.3 Å². The molecule has 4 heteroatoms. The molecule has 0 saturated carbocycles. The first-order chi connectivity index (χ1) is 6.76. The van der Waals surface area contributed by atoms with Crippen molar-refractivity contribution in [3.63, 3.8) is 0 Å². The molecule has 0 aliphatic rings. The summed E-state index contributed by atoms with van der Waals surface area (Å²) >= 11 is 5.22. The van der Waals surface area contributed by atoms with E-state index in [9.17, 15) is 0 Å². The molecule has 1 heterocycles. The van der Waals surface area contributed by atoms with Crippen molar-refractivity contribution in [2.24, 2.45) is 11.7 Å². The fourth-order valence-corrected chi connectivity index (χ4v) is 2.66. The first-order valence-electron chi connectivity index (χ1n) is 4.90. The summed E-state index contributed by atoms with van der Waals surface area (Å²) in [6, 6.07) is 2.15. The van der Waals surface area contributed by atoms with Crippen molar-refractivity contribution in [2.75, 3.05) is 13.1 Å². The van der Waals surface area contributed by atoms with Crippen molar-refractivity contribution in [3.8, 4) is 0 Å². The number of hydrogen-bond acceptors (Lipinski definition) is 3. The Morgan fingerprint density at radius 2 is 2.43 bits per heavy atom. The average Bonchev–Trinajstić information content (AvgIpc) is 2.59. The van der Waals surface area contributed by atoms with Gasteiger partial charge in [-0.05, 0) is 41.0 Å². The summed E-state index contributed by atoms with van der Waals surface area (Å²) in [5, 5.41) is 5.53. The fraction of sp³-hybridized carbons (Fsp3) is 0.600. The highest BCUT2D eigenvalue weighted by Crippen LogP contribution is 2.19. The normalized spacial score (nSPS) is 13.1. The Hall–Kier alpha value is 0.1000. The zero-order valence-electron chi connectivity index (χ0n) is 8.42. The molecule has 0 bridgehead atoms. The minimum atomic E-state index is 0.610. The van der Waals surface area contributed by atoms with E-state index in [2.05, 4.69) is 39.6 Å². The van der Waals surface area contributed by atoms with Crippen LogP contribution in [-0.2, 0) is 6.54 Å². The lowest BCUT2D eigenvalue weighted by molar-refractivity contribution is 0.472. The van der Waals surface area contributed by atoms with Gasteiger partial charge < -0.3 is 11.1 Å². The number of nitrogens with one attached hydrogen (secondary N) is 1. The second kappa shape index (κ2) is 6.56. The number of nitrogens with two attached hydrogens (primary N) is 1. The molecule has 0 radical (unpaired) electrons. The van der Waals surface area contributed by atoms with E-state index >= 15 is 0 Å². The van der Waals surface area contributed by atoms with Crippen LogP contribution in [0.2, 0.25) is 0 Å². The van der Waals surface area contributed by atoms with Crippen LogP contribution in [0, 0.1) is 5.92 Å². The molecule has 0 aromatic carbocycles. The smallest absolute Gasteiger partial charge is 0.0300 e. The van der Waals surface area contributed by atoms with E-state index in [1.165, 1.54) is 9.35 Å². The molecule has 80 valence electrons. The molecule has 1 rings (SSSR count). The van der Waals surface area contributed by atoms with Crippen molar-refractivity contribution in [1.29, 1.82) is 0 Å². The zero-order chi connectivity index (χ0) is 10.4. The molecule has 0 aliphatic carbocycles. The Bertz CT molecular complexity index is 258. The van der Waals surface area contributed by atoms with Crippen LogP contribution in [0.3, 0.4) is 0 Å². The van der Waals surface area contributed by atoms with Crippen molar-refractivity contribution in [3.05, 3.63) is 20.8 Å². The van der Waals surface area contributed by atoms with Crippen molar-refractivity contribution < 1.29 is 0 Å². The third-order valence-electron chi connectivity index (χ3n) is 2.26. The van der Waals surface area contributed by atoms with Crippen LogP contribution in [0.4, 0.5) is 0 Å². The lowest BCUT2D eigenvalue weighted by Gasteiger charge is -2.12. The molecule has 3 N–H and O–H groups in total. The molecule has 0 aliphatic heterocycles. The SMILES string of the molecule is CCC(CN)CNCc1cc(Br)cs1. The lowest BCUT2D eigenvalue weighted by Crippen LogP contribution is -2.27. The Balaban J connectivity index is 2.21. The van der Waals surface area contributed by atoms with Gasteiger partial charge in [0.05, 0.1) is 0 Å². The fourth-order valence-electron chi connectivity index (χ4n) is 1.24. The van der Waals surface area contributed by atoms with Gasteiger partial charge in [-0.2, -0.15) is 0 Å². The summed E-state index contributed by atoms with van der Waals surface area (Å²) in [6.07, 6.45) is 1.15. The van der Waals surface area contributed by atoms with Crippen LogP contribution in [-0.4, -0.2) is 13.1 Å². The Kier molecular flexibility index (Phi) is 5.70. The van der Waals surface area contributed by atoms with E-state index < -0.39 is 0 Å². The highest BCUT2D eigenvalue weighted by Gasteiger charge is 2.03. The standard InChI is InChI=1S/C10H17BrN2S/c1-2-8(4-12)5-13-6-10-3-9(11)7-14-10/h3,7-8,13H,2,4-6,12H2,1H3. The van der Waals surface area contributed by atoms with E-state index in [1.54, 1.807) is 11.3 Å². The van der Waals surface area contributed by atoms with Crippen LogP contribution < -0.4 is 11.1 Å². The molecule has 1 aromatic rings. The monoisotopic (exact) mass is 276 g/mol. The predicted molar refractivity (Wildman–Crippen MR) is 66.6 cm³/mol. The number of hydrogen-bond donors (Lipinski definition) is 2. The predicted octanol–water partition coefficient (Wildman–Crippen LogP) is 2.59. The van der Waals surface area contributed by atoms with Gasteiger partial charge in [-0.15, -0.1) is 11.3 Å². The molecule has 1 atom stereocenters. The van der Waals surface area contributed by atoms with Crippen LogP contribution in [0.1, 0.15) is 18.2 Å². The first-order valence-corrected chi connectivity index (χ1v) is 6.57. The molecule has 0 saturated heterocycles. The second-order valence-corrected chi connectivity index (χ2v) is 5.28. The van der Waals surface area contributed by atoms with Gasteiger partial charge in [-0.25, -0.2) is 0 Å². The highest BCUT2D eigenvalue weighted by atomic mass is 79.9. The summed E-state index contributed by atoms with van der Waals surface area (Å²) in [7, 11) is 0. The number of rotatable bonds is 6. The van der Waals surface area contributed by atoms with E-state index in [-0.39, 0.29) is 0 Å². The summed E-state index contributed by atoms with van der Waals surface area (Å²) in [6.45, 7) is 4.92. The second-order valence-electron chi connectivity index (χ2n) is 3.37. The minimum Gasteiger partial charge on any atom is -0.330 e. The Morgan fingerprint density at radius 1 is 1.64 bits per heavy atom. The van der Waals surface area contributed by atoms with Gasteiger partial charge in [-0.3, -0.25) is 0 Å². The molecule has 2 nitrogen and oxygen atoms in total. The third kappa shape index (κ3) is 4.09. The molecular weight excluding hydrogens is 260 g/mol. The van der Waals surface area contributed by atoms with Gasteiger partial charge in [0.2, 0.25) is 0 Å². The quantitative estimate of drug-likeness (QED) is 0.838. The van der Waals surface area contributed by atoms with Gasteiger partial charge in [-0.1, -0.05) is 13.3 Å². The van der Waals surface area contributed by atoms with Crippen molar-refractivity contribution in [2.45, 2.75) is 19.9 Å². The van der Waals surface area contributed by atoms with Crippen LogP contribution in [0.15, 0.2) is 15.9 Å². The largest absolute Gasteiger partial charge is 0.330 e. The zero-order valence-corrected chi connectivity index (χ0v) is 10.8. The maximum atomic E-state index is 5.62. The maximum absolute atomic E-state index is 5.62. The minimum absolute atomic E-state index is 0.610. The van der Waals surface area contributed by atoms with Gasteiger partial charge in [0.25, 0.3) is 0 Å². The number of thiophene rings is 1. The molecule has 0 spiro atoms. The highest BCUT2D eigenvalue weighted by molar-refractivity contribution is 9.10. The van der Waals surface area contributed by atoms with Crippen molar-refractivity contribution in [1.82, 2.24) is 5.32 Å². The Labute approximate surface area is 98.0 Å². The van der Waals surface area contributed by atoms with Gasteiger partial charge >= 0.3 is 0 Å². The van der Waals surface area contributed by atoms with Crippen LogP contribution in [0.25, 0.3) is 0 Å². The summed E-state index contributed by atoms with van der Waals surface area (Å²) in [5.41, 5.74) is 5.62. The molecule has 0 fully saturated rings. The summed E-state index contributed by atoms with van der Waals surface area (Å²) in [5.74, 6) is 0.610. The maximum Gasteiger partial charge on any atom is 0.0300 e. The van der Waals surface area contributed by atoms with E-state index in [0.717, 1.165) is 26.1 Å². The summed E-state index contributed by atoms with van der Waals surface area (Å²) in [4.78, 5) is 1.36. The Morgan fingerprint density at radius 3 is 2.93 bits per heavy atom. The lowest BCUT2D eigenvalue weighted by atomic mass is 10.1. The molecule has 14 heavy (non-hydrogen) atoms. The van der Waals surface area contributed by atoms with Crippen LogP contribution >= 0.6 is 27.3 Å². The topological polar surface area (TPSA) is 38.0 Å². The first kappa shape index (κ1) is 12.2. The molecule has 1 unspecified atom stereocenters. The molecule has 0 amide bonds. The van der Waals surface area contributed by atoms with Gasteiger partial charge in [0.15, 0.2) is 0 Å². The molecular formula is C10H17BrN2S. The average molecular weight is 277 g/mol. The van der Waals surface area contributed by atoms with Gasteiger partial charge in [0, 0.05) is 21.3 Å². The number of halogens is 1. The summed E-state index contributed by atoms with van der Waals surface area (Å²) < 4.78 is 1.17. The molecule has 1 aromatic heterocycles.